The largest absolute Gasteiger partial charge is 0.378 e. The molecule has 0 bridgehead atoms. The van der Waals surface area contributed by atoms with Gasteiger partial charge in [-0.3, -0.25) is 19.3 Å². The molecule has 3 heterocycles. The first kappa shape index (κ1) is 27.2. The number of nitrogens with zero attached hydrogens (tertiary/aromatic N) is 3. The second kappa shape index (κ2) is 11.4. The number of anilines is 2. The van der Waals surface area contributed by atoms with E-state index >= 15 is 0 Å². The number of nitrogens with one attached hydrogen (secondary N) is 1. The molecular formula is C28H26BrFN4O4S. The van der Waals surface area contributed by atoms with Crippen molar-refractivity contribution in [2.24, 2.45) is 0 Å². The molecule has 2 fully saturated rings. The lowest BCUT2D eigenvalue weighted by Gasteiger charge is -2.30. The Balaban J connectivity index is 1.33. The Morgan fingerprint density at radius 1 is 1.10 bits per heavy atom. The molecule has 5 rings (SSSR count). The van der Waals surface area contributed by atoms with Crippen LogP contribution in [0.15, 0.2) is 57.9 Å². The molecular weight excluding hydrogens is 587 g/mol. The van der Waals surface area contributed by atoms with Crippen molar-refractivity contribution in [2.45, 2.75) is 13.8 Å². The number of imide groups is 1. The number of rotatable bonds is 6. The molecule has 0 atom stereocenters. The first-order valence-electron chi connectivity index (χ1n) is 12.3. The van der Waals surface area contributed by atoms with Crippen LogP contribution in [0.25, 0.3) is 11.8 Å². The van der Waals surface area contributed by atoms with Crippen molar-refractivity contribution in [2.75, 3.05) is 43.1 Å². The quantitative estimate of drug-likeness (QED) is 0.370. The van der Waals surface area contributed by atoms with Gasteiger partial charge in [-0.05, 0) is 102 Å². The van der Waals surface area contributed by atoms with Gasteiger partial charge in [0.05, 0.1) is 23.8 Å². The van der Waals surface area contributed by atoms with E-state index in [0.29, 0.717) is 18.9 Å². The number of amides is 3. The Morgan fingerprint density at radius 3 is 2.51 bits per heavy atom. The van der Waals surface area contributed by atoms with Crippen molar-refractivity contribution in [3.05, 3.63) is 80.7 Å². The standard InChI is InChI=1S/C28H26BrFN4O4S/c1-17-13-19(18(2)34(17)22-7-8-24(23(29)15-22)32-9-11-38-12-10-32)14-25-27(36)33(28(37)39-25)16-26(35)31-21-5-3-20(30)4-6-21/h3-8,13-15H,9-12,16H2,1-2H3,(H,31,35)/b25-14-. The van der Waals surface area contributed by atoms with E-state index in [1.54, 1.807) is 6.08 Å². The minimum absolute atomic E-state index is 0.249. The van der Waals surface area contributed by atoms with Crippen molar-refractivity contribution in [1.82, 2.24) is 9.47 Å². The Kier molecular flexibility index (Phi) is 7.92. The van der Waals surface area contributed by atoms with Gasteiger partial charge < -0.3 is 19.5 Å². The van der Waals surface area contributed by atoms with Crippen LogP contribution in [0.2, 0.25) is 0 Å². The van der Waals surface area contributed by atoms with Crippen LogP contribution in [0, 0.1) is 19.7 Å². The summed E-state index contributed by atoms with van der Waals surface area (Å²) >= 11 is 4.53. The maximum absolute atomic E-state index is 13.1. The lowest BCUT2D eigenvalue weighted by molar-refractivity contribution is -0.127. The molecule has 0 saturated carbocycles. The molecule has 8 nitrogen and oxygen atoms in total. The first-order valence-corrected chi connectivity index (χ1v) is 13.9. The monoisotopic (exact) mass is 612 g/mol. The Bertz CT molecular complexity index is 1480. The number of ether oxygens (including phenoxy) is 1. The highest BCUT2D eigenvalue weighted by Gasteiger charge is 2.36. The number of halogens is 2. The summed E-state index contributed by atoms with van der Waals surface area (Å²) in [7, 11) is 0. The predicted molar refractivity (Wildman–Crippen MR) is 154 cm³/mol. The summed E-state index contributed by atoms with van der Waals surface area (Å²) in [6.45, 7) is 6.61. The molecule has 0 radical (unpaired) electrons. The summed E-state index contributed by atoms with van der Waals surface area (Å²) in [5, 5.41) is 2.06. The van der Waals surface area contributed by atoms with E-state index in [1.165, 1.54) is 24.3 Å². The maximum Gasteiger partial charge on any atom is 0.294 e. The number of benzene rings is 2. The molecule has 2 aliphatic rings. The second-order valence-electron chi connectivity index (χ2n) is 9.22. The predicted octanol–water partition coefficient (Wildman–Crippen LogP) is 5.51. The average Bonchev–Trinajstić information content (AvgIpc) is 3.34. The van der Waals surface area contributed by atoms with Crippen LogP contribution in [0.3, 0.4) is 0 Å². The number of hydrogen-bond acceptors (Lipinski definition) is 6. The molecule has 1 aromatic heterocycles. The van der Waals surface area contributed by atoms with Crippen molar-refractivity contribution >= 4 is 62.2 Å². The maximum atomic E-state index is 13.1. The summed E-state index contributed by atoms with van der Waals surface area (Å²) in [5.74, 6) is -1.50. The van der Waals surface area contributed by atoms with Crippen molar-refractivity contribution in [1.29, 1.82) is 0 Å². The molecule has 39 heavy (non-hydrogen) atoms. The molecule has 11 heteroatoms. The number of thioether (sulfide) groups is 1. The van der Waals surface area contributed by atoms with Gasteiger partial charge in [0.25, 0.3) is 11.1 Å². The second-order valence-corrected chi connectivity index (χ2v) is 11.1. The molecule has 1 N–H and O–H groups in total. The van der Waals surface area contributed by atoms with Crippen LogP contribution in [0.4, 0.5) is 20.6 Å². The number of morpholine rings is 1. The number of aromatic nitrogens is 1. The van der Waals surface area contributed by atoms with Crippen molar-refractivity contribution in [3.63, 3.8) is 0 Å². The van der Waals surface area contributed by atoms with Gasteiger partial charge in [-0.1, -0.05) is 0 Å². The van der Waals surface area contributed by atoms with Crippen LogP contribution in [0.5, 0.6) is 0 Å². The van der Waals surface area contributed by atoms with E-state index in [4.69, 9.17) is 4.74 Å². The van der Waals surface area contributed by atoms with E-state index in [9.17, 15) is 18.8 Å². The van der Waals surface area contributed by atoms with Crippen LogP contribution >= 0.6 is 27.7 Å². The van der Waals surface area contributed by atoms with E-state index in [0.717, 1.165) is 62.6 Å². The van der Waals surface area contributed by atoms with Gasteiger partial charge in [0.2, 0.25) is 5.91 Å². The third-order valence-electron chi connectivity index (χ3n) is 6.60. The van der Waals surface area contributed by atoms with E-state index in [-0.39, 0.29) is 4.91 Å². The number of aryl methyl sites for hydroxylation is 1. The number of carbonyl (C=O) groups is 3. The molecule has 3 amide bonds. The lowest BCUT2D eigenvalue weighted by atomic mass is 10.2. The number of carbonyl (C=O) groups excluding carboxylic acids is 3. The van der Waals surface area contributed by atoms with Gasteiger partial charge in [-0.15, -0.1) is 0 Å². The lowest BCUT2D eigenvalue weighted by Crippen LogP contribution is -2.36. The normalized spacial score (nSPS) is 16.9. The summed E-state index contributed by atoms with van der Waals surface area (Å²) in [6, 6.07) is 13.4. The topological polar surface area (TPSA) is 83.9 Å². The van der Waals surface area contributed by atoms with Crippen LogP contribution in [-0.4, -0.2) is 59.4 Å². The SMILES string of the molecule is Cc1cc(/C=C2\SC(=O)N(CC(=O)Nc3ccc(F)cc3)C2=O)c(C)n1-c1ccc(N2CCOCC2)c(Br)c1. The third kappa shape index (κ3) is 5.80. The molecule has 2 aliphatic heterocycles. The average molecular weight is 614 g/mol. The fourth-order valence-corrected chi connectivity index (χ4v) is 6.13. The molecule has 0 spiro atoms. The van der Waals surface area contributed by atoms with Gasteiger partial charge in [-0.25, -0.2) is 4.39 Å². The van der Waals surface area contributed by atoms with Gasteiger partial charge in [0.1, 0.15) is 12.4 Å². The van der Waals surface area contributed by atoms with Crippen LogP contribution in [0.1, 0.15) is 17.0 Å². The van der Waals surface area contributed by atoms with Gasteiger partial charge in [-0.2, -0.15) is 0 Å². The fourth-order valence-electron chi connectivity index (χ4n) is 4.68. The Morgan fingerprint density at radius 2 is 1.82 bits per heavy atom. The Hall–Kier alpha value is -3.41. The highest BCUT2D eigenvalue weighted by molar-refractivity contribution is 9.10. The van der Waals surface area contributed by atoms with E-state index in [1.807, 2.05) is 19.9 Å². The third-order valence-corrected chi connectivity index (χ3v) is 8.14. The smallest absolute Gasteiger partial charge is 0.294 e. The summed E-state index contributed by atoms with van der Waals surface area (Å²) in [4.78, 5) is 41.5. The summed E-state index contributed by atoms with van der Waals surface area (Å²) < 4.78 is 21.6. The van der Waals surface area contributed by atoms with Gasteiger partial charge in [0, 0.05) is 40.3 Å². The van der Waals surface area contributed by atoms with Gasteiger partial charge >= 0.3 is 0 Å². The molecule has 202 valence electrons. The number of hydrogen-bond donors (Lipinski definition) is 1. The minimum atomic E-state index is -0.547. The van der Waals surface area contributed by atoms with Crippen LogP contribution < -0.4 is 10.2 Å². The van der Waals surface area contributed by atoms with Crippen molar-refractivity contribution < 1.29 is 23.5 Å². The zero-order valence-corrected chi connectivity index (χ0v) is 23.8. The zero-order valence-electron chi connectivity index (χ0n) is 21.4. The van der Waals surface area contributed by atoms with E-state index < -0.39 is 29.4 Å². The minimum Gasteiger partial charge on any atom is -0.378 e. The summed E-state index contributed by atoms with van der Waals surface area (Å²) in [6.07, 6.45) is 1.69. The highest BCUT2D eigenvalue weighted by atomic mass is 79.9. The molecule has 2 saturated heterocycles. The first-order chi connectivity index (χ1) is 18.7. The highest BCUT2D eigenvalue weighted by Crippen LogP contribution is 2.35. The molecule has 2 aromatic carbocycles. The molecule has 0 unspecified atom stereocenters. The zero-order chi connectivity index (χ0) is 27.7. The molecule has 0 aliphatic carbocycles. The molecule has 3 aromatic rings. The Labute approximate surface area is 237 Å². The van der Waals surface area contributed by atoms with Gasteiger partial charge in [0.15, 0.2) is 0 Å². The summed E-state index contributed by atoms with van der Waals surface area (Å²) in [5.41, 5.74) is 5.16. The van der Waals surface area contributed by atoms with Crippen molar-refractivity contribution in [3.8, 4) is 5.69 Å². The fraction of sp³-hybridized carbons (Fsp3) is 0.250. The van der Waals surface area contributed by atoms with Crippen LogP contribution in [-0.2, 0) is 14.3 Å². The van der Waals surface area contributed by atoms with E-state index in [2.05, 4.69) is 48.9 Å².